The van der Waals surface area contributed by atoms with Gasteiger partial charge in [-0.3, -0.25) is 9.79 Å². The smallest absolute Gasteiger partial charge is 0.264 e. The average Bonchev–Trinajstić information content (AvgIpc) is 3.34. The number of carbonyl (C=O) groups is 1. The summed E-state index contributed by atoms with van der Waals surface area (Å²) in [7, 11) is 2.01. The molecule has 0 atom stereocenters. The Morgan fingerprint density at radius 1 is 1.35 bits per heavy atom. The van der Waals surface area contributed by atoms with Crippen LogP contribution in [0.2, 0.25) is 0 Å². The number of aromatic nitrogens is 3. The van der Waals surface area contributed by atoms with E-state index in [1.54, 1.807) is 12.5 Å². The van der Waals surface area contributed by atoms with Crippen LogP contribution in [0.3, 0.4) is 0 Å². The minimum absolute atomic E-state index is 0.0868. The fourth-order valence-electron chi connectivity index (χ4n) is 2.98. The van der Waals surface area contributed by atoms with Gasteiger partial charge in [0.2, 0.25) is 0 Å². The monoisotopic (exact) mass is 365 g/mol. The molecule has 1 amide bonds. The van der Waals surface area contributed by atoms with Gasteiger partial charge in [0.25, 0.3) is 5.91 Å². The standard InChI is InChI=1S/C19H19N5OS/c1-23-12-14(15-5-2-3-6-16(15)23)11-17-18(25)22-19(26-17)21-7-4-9-24-10-8-20-13-24/h2-3,5-6,8,10-13H,4,7,9H2,1H3,(H,21,22,25). The van der Waals surface area contributed by atoms with Gasteiger partial charge >= 0.3 is 0 Å². The molecule has 132 valence electrons. The van der Waals surface area contributed by atoms with E-state index in [0.29, 0.717) is 16.6 Å². The summed E-state index contributed by atoms with van der Waals surface area (Å²) in [5.41, 5.74) is 2.19. The van der Waals surface area contributed by atoms with Crippen molar-refractivity contribution in [1.29, 1.82) is 0 Å². The molecule has 1 aromatic carbocycles. The van der Waals surface area contributed by atoms with Crippen LogP contribution < -0.4 is 5.32 Å². The topological polar surface area (TPSA) is 64.2 Å². The number of aliphatic imine (C=N–C) groups is 1. The van der Waals surface area contributed by atoms with Crippen molar-refractivity contribution in [2.75, 3.05) is 6.54 Å². The first-order chi connectivity index (χ1) is 12.7. The molecular formula is C19H19N5OS. The van der Waals surface area contributed by atoms with Crippen molar-refractivity contribution in [2.45, 2.75) is 13.0 Å². The number of rotatable bonds is 5. The summed E-state index contributed by atoms with van der Waals surface area (Å²) >= 11 is 1.40. The molecule has 1 aliphatic rings. The largest absolute Gasteiger partial charge is 0.350 e. The molecule has 1 fully saturated rings. The summed E-state index contributed by atoms with van der Waals surface area (Å²) < 4.78 is 4.09. The maximum Gasteiger partial charge on any atom is 0.264 e. The predicted molar refractivity (Wildman–Crippen MR) is 106 cm³/mol. The number of amidine groups is 1. The Bertz CT molecular complexity index is 1000. The van der Waals surface area contributed by atoms with Gasteiger partial charge in [-0.1, -0.05) is 18.2 Å². The van der Waals surface area contributed by atoms with E-state index in [9.17, 15) is 4.79 Å². The van der Waals surface area contributed by atoms with E-state index in [1.807, 2.05) is 42.2 Å². The number of benzene rings is 1. The number of thioether (sulfide) groups is 1. The number of aryl methyl sites for hydroxylation is 2. The molecule has 0 bridgehead atoms. The number of imidazole rings is 1. The zero-order chi connectivity index (χ0) is 17.9. The number of carbonyl (C=O) groups excluding carboxylic acids is 1. The van der Waals surface area contributed by atoms with Crippen molar-refractivity contribution < 1.29 is 4.79 Å². The number of amides is 1. The van der Waals surface area contributed by atoms with Crippen LogP contribution in [0.25, 0.3) is 17.0 Å². The van der Waals surface area contributed by atoms with Crippen molar-refractivity contribution in [2.24, 2.45) is 12.0 Å². The predicted octanol–water partition coefficient (Wildman–Crippen LogP) is 3.03. The highest BCUT2D eigenvalue weighted by Gasteiger charge is 2.23. The molecular weight excluding hydrogens is 346 g/mol. The summed E-state index contributed by atoms with van der Waals surface area (Å²) in [6, 6.07) is 8.18. The highest BCUT2D eigenvalue weighted by atomic mass is 32.2. The fraction of sp³-hybridized carbons (Fsp3) is 0.211. The Morgan fingerprint density at radius 3 is 3.08 bits per heavy atom. The van der Waals surface area contributed by atoms with Crippen LogP contribution in [-0.4, -0.2) is 31.7 Å². The van der Waals surface area contributed by atoms with E-state index >= 15 is 0 Å². The molecule has 0 saturated carbocycles. The lowest BCUT2D eigenvalue weighted by Gasteiger charge is -1.99. The number of fused-ring (bicyclic) bond motifs is 1. The van der Waals surface area contributed by atoms with Crippen LogP contribution in [0.1, 0.15) is 12.0 Å². The first-order valence-electron chi connectivity index (χ1n) is 8.46. The van der Waals surface area contributed by atoms with Gasteiger partial charge in [0, 0.05) is 55.2 Å². The maximum atomic E-state index is 12.3. The Hall–Kier alpha value is -2.80. The van der Waals surface area contributed by atoms with E-state index in [-0.39, 0.29) is 5.91 Å². The number of nitrogens with zero attached hydrogens (tertiary/aromatic N) is 4. The first kappa shape index (κ1) is 16.7. The second kappa shape index (κ2) is 7.21. The molecule has 0 spiro atoms. The summed E-state index contributed by atoms with van der Waals surface area (Å²) in [5, 5.41) is 4.67. The van der Waals surface area contributed by atoms with Crippen molar-refractivity contribution in [3.8, 4) is 0 Å². The molecule has 4 rings (SSSR count). The summed E-state index contributed by atoms with van der Waals surface area (Å²) in [4.78, 5) is 21.4. The number of nitrogens with one attached hydrogen (secondary N) is 1. The lowest BCUT2D eigenvalue weighted by atomic mass is 10.1. The van der Waals surface area contributed by atoms with Crippen molar-refractivity contribution >= 4 is 39.8 Å². The Morgan fingerprint density at radius 2 is 2.23 bits per heavy atom. The van der Waals surface area contributed by atoms with E-state index in [0.717, 1.165) is 29.4 Å². The quantitative estimate of drug-likeness (QED) is 0.558. The molecule has 1 aliphatic heterocycles. The van der Waals surface area contributed by atoms with Gasteiger partial charge < -0.3 is 14.5 Å². The van der Waals surface area contributed by atoms with Gasteiger partial charge in [0.1, 0.15) is 0 Å². The third kappa shape index (κ3) is 3.43. The summed E-state index contributed by atoms with van der Waals surface area (Å²) in [6.07, 6.45) is 10.4. The van der Waals surface area contributed by atoms with Crippen molar-refractivity contribution in [1.82, 2.24) is 19.4 Å². The fourth-order valence-corrected chi connectivity index (χ4v) is 3.82. The summed E-state index contributed by atoms with van der Waals surface area (Å²) in [5.74, 6) is -0.0868. The van der Waals surface area contributed by atoms with Crippen LogP contribution in [0, 0.1) is 0 Å². The van der Waals surface area contributed by atoms with Crippen molar-refractivity contribution in [3.05, 3.63) is 59.7 Å². The van der Waals surface area contributed by atoms with Gasteiger partial charge in [-0.15, -0.1) is 0 Å². The van der Waals surface area contributed by atoms with E-state index in [1.165, 1.54) is 11.8 Å². The van der Waals surface area contributed by atoms with Crippen LogP contribution in [-0.2, 0) is 18.4 Å². The number of para-hydroxylation sites is 1. The van der Waals surface area contributed by atoms with E-state index < -0.39 is 0 Å². The molecule has 1 N–H and O–H groups in total. The van der Waals surface area contributed by atoms with Crippen LogP contribution in [0.5, 0.6) is 0 Å². The molecule has 2 aromatic heterocycles. The van der Waals surface area contributed by atoms with Gasteiger partial charge in [0.15, 0.2) is 5.17 Å². The van der Waals surface area contributed by atoms with Crippen LogP contribution >= 0.6 is 11.8 Å². The highest BCUT2D eigenvalue weighted by Crippen LogP contribution is 2.29. The molecule has 3 aromatic rings. The first-order valence-corrected chi connectivity index (χ1v) is 9.27. The van der Waals surface area contributed by atoms with E-state index in [4.69, 9.17) is 0 Å². The third-order valence-corrected chi connectivity index (χ3v) is 5.20. The normalized spacial score (nSPS) is 17.5. The van der Waals surface area contributed by atoms with Crippen molar-refractivity contribution in [3.63, 3.8) is 0 Å². The molecule has 0 unspecified atom stereocenters. The minimum atomic E-state index is -0.0868. The lowest BCUT2D eigenvalue weighted by Crippen LogP contribution is -2.20. The SMILES string of the molecule is Cn1cc(C=C2SC(=NCCCn3ccnc3)NC2=O)c2ccccc21. The molecule has 0 aliphatic carbocycles. The van der Waals surface area contributed by atoms with Crippen LogP contribution in [0.4, 0.5) is 0 Å². The lowest BCUT2D eigenvalue weighted by molar-refractivity contribution is -0.115. The van der Waals surface area contributed by atoms with Crippen LogP contribution in [0.15, 0.2) is 59.1 Å². The molecule has 7 heteroatoms. The van der Waals surface area contributed by atoms with Gasteiger partial charge in [-0.25, -0.2) is 4.98 Å². The molecule has 26 heavy (non-hydrogen) atoms. The number of hydrogen-bond donors (Lipinski definition) is 1. The van der Waals surface area contributed by atoms with Gasteiger partial charge in [0.05, 0.1) is 11.2 Å². The maximum absolute atomic E-state index is 12.3. The molecule has 3 heterocycles. The van der Waals surface area contributed by atoms with E-state index in [2.05, 4.69) is 32.0 Å². The second-order valence-corrected chi connectivity index (χ2v) is 7.15. The Kier molecular flexibility index (Phi) is 4.62. The molecule has 1 saturated heterocycles. The summed E-state index contributed by atoms with van der Waals surface area (Å²) in [6.45, 7) is 1.54. The molecule has 0 radical (unpaired) electrons. The zero-order valence-electron chi connectivity index (χ0n) is 14.4. The second-order valence-electron chi connectivity index (χ2n) is 6.12. The minimum Gasteiger partial charge on any atom is -0.350 e. The third-order valence-electron chi connectivity index (χ3n) is 4.25. The van der Waals surface area contributed by atoms with Gasteiger partial charge in [-0.2, -0.15) is 0 Å². The number of hydrogen-bond acceptors (Lipinski definition) is 4. The molecule has 6 nitrogen and oxygen atoms in total. The zero-order valence-corrected chi connectivity index (χ0v) is 15.2. The Balaban J connectivity index is 1.45. The highest BCUT2D eigenvalue weighted by molar-refractivity contribution is 8.18. The average molecular weight is 365 g/mol. The van der Waals surface area contributed by atoms with Gasteiger partial charge in [-0.05, 0) is 30.3 Å². The Labute approximate surface area is 155 Å².